The minimum Gasteiger partial charge on any atom is -0.462 e. The summed E-state index contributed by atoms with van der Waals surface area (Å²) in [7, 11) is 4.07. The number of esters is 1. The van der Waals surface area contributed by atoms with Crippen LogP contribution >= 0.6 is 11.3 Å². The van der Waals surface area contributed by atoms with E-state index in [1.54, 1.807) is 0 Å². The summed E-state index contributed by atoms with van der Waals surface area (Å²) in [5.74, 6) is 0.706. The number of carbonyl (C=O) groups excluding carboxylic acids is 1. The number of rotatable bonds is 6. The van der Waals surface area contributed by atoms with Crippen molar-refractivity contribution in [3.05, 3.63) is 34.8 Å². The average molecular weight is 413 g/mol. The maximum absolute atomic E-state index is 12.4. The van der Waals surface area contributed by atoms with Gasteiger partial charge in [-0.15, -0.1) is 0 Å². The molecule has 0 bridgehead atoms. The van der Waals surface area contributed by atoms with Crippen LogP contribution < -0.4 is 10.2 Å². The van der Waals surface area contributed by atoms with Crippen LogP contribution in [0.2, 0.25) is 0 Å². The van der Waals surface area contributed by atoms with Crippen LogP contribution in [0, 0.1) is 6.92 Å². The topological polar surface area (TPSA) is 58.9 Å². The van der Waals surface area contributed by atoms with Crippen molar-refractivity contribution >= 4 is 33.8 Å². The number of benzene rings is 1. The third-order valence-corrected chi connectivity index (χ3v) is 6.64. The van der Waals surface area contributed by atoms with E-state index in [4.69, 9.17) is 9.72 Å². The normalized spacial score (nSPS) is 14.5. The fourth-order valence-electron chi connectivity index (χ4n) is 3.95. The summed E-state index contributed by atoms with van der Waals surface area (Å²) in [6.07, 6.45) is 4.84. The lowest BCUT2D eigenvalue weighted by Crippen LogP contribution is -2.17. The van der Waals surface area contributed by atoms with E-state index < -0.39 is 0 Å². The van der Waals surface area contributed by atoms with Gasteiger partial charge in [-0.3, -0.25) is 4.40 Å². The molecule has 0 unspecified atom stereocenters. The van der Waals surface area contributed by atoms with Crippen molar-refractivity contribution in [2.75, 3.05) is 30.9 Å². The molecule has 0 spiro atoms. The number of hydrogen-bond donors (Lipinski definition) is 1. The Kier molecular flexibility index (Phi) is 5.50. The van der Waals surface area contributed by atoms with Crippen molar-refractivity contribution in [1.82, 2.24) is 9.38 Å². The summed E-state index contributed by atoms with van der Waals surface area (Å²) < 4.78 is 7.32. The summed E-state index contributed by atoms with van der Waals surface area (Å²) >= 11 is 1.40. The number of fused-ring (bicyclic) bond motifs is 1. The van der Waals surface area contributed by atoms with Crippen LogP contribution in [0.1, 0.15) is 48.0 Å². The van der Waals surface area contributed by atoms with Gasteiger partial charge in [-0.1, -0.05) is 36.3 Å². The first-order valence-corrected chi connectivity index (χ1v) is 11.0. The van der Waals surface area contributed by atoms with Gasteiger partial charge in [-0.05, 0) is 38.8 Å². The second-order valence-corrected chi connectivity index (χ2v) is 8.71. The third-order valence-electron chi connectivity index (χ3n) is 5.52. The van der Waals surface area contributed by atoms with E-state index in [1.165, 1.54) is 37.0 Å². The van der Waals surface area contributed by atoms with E-state index in [-0.39, 0.29) is 5.97 Å². The number of carbonyl (C=O) groups is 1. The van der Waals surface area contributed by atoms with Crippen LogP contribution in [0.4, 0.5) is 11.5 Å². The van der Waals surface area contributed by atoms with Gasteiger partial charge in [0.2, 0.25) is 0 Å². The van der Waals surface area contributed by atoms with E-state index in [9.17, 15) is 4.79 Å². The molecule has 3 aromatic rings. The van der Waals surface area contributed by atoms with Crippen LogP contribution in [0.15, 0.2) is 24.3 Å². The highest BCUT2D eigenvalue weighted by Gasteiger charge is 2.26. The molecule has 2 aromatic heterocycles. The number of aryl methyl sites for hydroxylation is 1. The Morgan fingerprint density at radius 3 is 2.59 bits per heavy atom. The van der Waals surface area contributed by atoms with E-state index in [1.807, 2.05) is 27.9 Å². The van der Waals surface area contributed by atoms with Crippen molar-refractivity contribution in [2.24, 2.45) is 0 Å². The molecule has 4 rings (SSSR count). The average Bonchev–Trinajstić information content (AvgIpc) is 3.41. The van der Waals surface area contributed by atoms with Gasteiger partial charge in [0.1, 0.15) is 16.4 Å². The standard InChI is InChI=1S/C22H28N4O2S/c1-5-28-21(27)19-14(2)26-20(23-16-8-6-7-9-16)18(24-22(26)29-19)15-10-12-17(13-11-15)25(3)4/h10-13,16,23H,5-9H2,1-4H3. The molecule has 1 aliphatic carbocycles. The molecular weight excluding hydrogens is 384 g/mol. The molecule has 0 atom stereocenters. The first kappa shape index (κ1) is 19.8. The quantitative estimate of drug-likeness (QED) is 0.579. The molecule has 1 aliphatic rings. The smallest absolute Gasteiger partial charge is 0.350 e. The zero-order valence-corrected chi connectivity index (χ0v) is 18.3. The monoisotopic (exact) mass is 412 g/mol. The lowest BCUT2D eigenvalue weighted by molar-refractivity contribution is 0.0531. The highest BCUT2D eigenvalue weighted by Crippen LogP contribution is 2.37. The van der Waals surface area contributed by atoms with Gasteiger partial charge < -0.3 is 15.0 Å². The molecule has 1 saturated carbocycles. The third kappa shape index (κ3) is 3.71. The molecule has 154 valence electrons. The number of nitrogens with zero attached hydrogens (tertiary/aromatic N) is 3. The highest BCUT2D eigenvalue weighted by molar-refractivity contribution is 7.19. The Balaban J connectivity index is 1.81. The molecule has 7 heteroatoms. The second-order valence-electron chi connectivity index (χ2n) is 7.73. The molecule has 1 fully saturated rings. The van der Waals surface area contributed by atoms with E-state index in [0.29, 0.717) is 17.5 Å². The minimum atomic E-state index is -0.274. The number of thiazole rings is 1. The van der Waals surface area contributed by atoms with Gasteiger partial charge in [0, 0.05) is 37.1 Å². The van der Waals surface area contributed by atoms with Gasteiger partial charge in [0.15, 0.2) is 4.96 Å². The Hall–Kier alpha value is -2.54. The van der Waals surface area contributed by atoms with Crippen molar-refractivity contribution in [3.8, 4) is 11.3 Å². The summed E-state index contributed by atoms with van der Waals surface area (Å²) in [5, 5.41) is 3.74. The van der Waals surface area contributed by atoms with Gasteiger partial charge in [0.05, 0.1) is 6.61 Å². The predicted octanol–water partition coefficient (Wildman–Crippen LogP) is 4.97. The number of imidazole rings is 1. The number of anilines is 2. The van der Waals surface area contributed by atoms with Crippen LogP contribution in [0.3, 0.4) is 0 Å². The minimum absolute atomic E-state index is 0.274. The van der Waals surface area contributed by atoms with Gasteiger partial charge in [-0.25, -0.2) is 9.78 Å². The van der Waals surface area contributed by atoms with Crippen molar-refractivity contribution in [3.63, 3.8) is 0 Å². The van der Waals surface area contributed by atoms with Crippen LogP contribution in [-0.4, -0.2) is 42.1 Å². The predicted molar refractivity (Wildman–Crippen MR) is 119 cm³/mol. The molecule has 0 amide bonds. The molecular formula is C22H28N4O2S. The highest BCUT2D eigenvalue weighted by atomic mass is 32.1. The Morgan fingerprint density at radius 2 is 1.97 bits per heavy atom. The van der Waals surface area contributed by atoms with Crippen LogP contribution in [-0.2, 0) is 4.74 Å². The van der Waals surface area contributed by atoms with Crippen LogP contribution in [0.25, 0.3) is 16.2 Å². The molecule has 6 nitrogen and oxygen atoms in total. The maximum Gasteiger partial charge on any atom is 0.350 e. The van der Waals surface area contributed by atoms with Crippen molar-refractivity contribution < 1.29 is 9.53 Å². The molecule has 0 aliphatic heterocycles. The zero-order chi connectivity index (χ0) is 20.5. The summed E-state index contributed by atoms with van der Waals surface area (Å²) in [6.45, 7) is 4.17. The SMILES string of the molecule is CCOC(=O)c1sc2nc(-c3ccc(N(C)C)cc3)c(NC3CCCC3)n2c1C. The number of hydrogen-bond acceptors (Lipinski definition) is 6. The molecule has 1 aromatic carbocycles. The lowest BCUT2D eigenvalue weighted by atomic mass is 10.1. The first-order chi connectivity index (χ1) is 14.0. The van der Waals surface area contributed by atoms with Crippen molar-refractivity contribution in [2.45, 2.75) is 45.6 Å². The number of aromatic nitrogens is 2. The number of nitrogens with one attached hydrogen (secondary N) is 1. The fourth-order valence-corrected chi connectivity index (χ4v) is 4.97. The largest absolute Gasteiger partial charge is 0.462 e. The van der Waals surface area contributed by atoms with Gasteiger partial charge in [-0.2, -0.15) is 0 Å². The zero-order valence-electron chi connectivity index (χ0n) is 17.5. The molecule has 0 saturated heterocycles. The van der Waals surface area contributed by atoms with Crippen LogP contribution in [0.5, 0.6) is 0 Å². The first-order valence-electron chi connectivity index (χ1n) is 10.2. The lowest BCUT2D eigenvalue weighted by Gasteiger charge is -2.16. The molecule has 1 N–H and O–H groups in total. The summed E-state index contributed by atoms with van der Waals surface area (Å²) in [6, 6.07) is 8.89. The van der Waals surface area contributed by atoms with Crippen molar-refractivity contribution in [1.29, 1.82) is 0 Å². The second kappa shape index (κ2) is 8.06. The van der Waals surface area contributed by atoms with E-state index in [0.717, 1.165) is 33.4 Å². The Bertz CT molecular complexity index is 1010. The summed E-state index contributed by atoms with van der Waals surface area (Å²) in [5.41, 5.74) is 4.05. The van der Waals surface area contributed by atoms with E-state index in [2.05, 4.69) is 38.9 Å². The summed E-state index contributed by atoms with van der Waals surface area (Å²) in [4.78, 5) is 20.8. The van der Waals surface area contributed by atoms with E-state index >= 15 is 0 Å². The maximum atomic E-state index is 12.4. The number of ether oxygens (including phenoxy) is 1. The Morgan fingerprint density at radius 1 is 1.28 bits per heavy atom. The van der Waals surface area contributed by atoms with Gasteiger partial charge in [0.25, 0.3) is 0 Å². The fraction of sp³-hybridized carbons (Fsp3) is 0.455. The molecule has 29 heavy (non-hydrogen) atoms. The molecule has 2 heterocycles. The van der Waals surface area contributed by atoms with Gasteiger partial charge >= 0.3 is 5.97 Å². The molecule has 0 radical (unpaired) electrons. The Labute approximate surface area is 175 Å².